The monoisotopic (exact) mass is 975 g/mol. The van der Waals surface area contributed by atoms with Gasteiger partial charge in [0.1, 0.15) is 24.2 Å². The highest BCUT2D eigenvalue weighted by Gasteiger charge is 2.45. The van der Waals surface area contributed by atoms with Gasteiger partial charge in [-0.25, -0.2) is 4.79 Å². The molecule has 7 amide bonds. The fourth-order valence-corrected chi connectivity index (χ4v) is 10.6. The van der Waals surface area contributed by atoms with E-state index in [2.05, 4.69) is 16.0 Å². The van der Waals surface area contributed by atoms with E-state index < -0.39 is 65.7 Å². The first-order chi connectivity index (χ1) is 34.0. The number of piperidine rings is 1. The summed E-state index contributed by atoms with van der Waals surface area (Å²) in [4.78, 5) is 117. The zero-order valence-electron chi connectivity index (χ0n) is 40.3. The highest BCUT2D eigenvalue weighted by atomic mass is 16.4. The number of primary amides is 1. The fourth-order valence-electron chi connectivity index (χ4n) is 10.6. The maximum Gasteiger partial charge on any atom is 0.329 e. The lowest BCUT2D eigenvalue weighted by Gasteiger charge is -2.38. The molecule has 0 bridgehead atoms. The maximum atomic E-state index is 14.0. The van der Waals surface area contributed by atoms with E-state index in [1.54, 1.807) is 21.4 Å². The second-order valence-corrected chi connectivity index (χ2v) is 19.3. The van der Waals surface area contributed by atoms with Crippen molar-refractivity contribution in [3.63, 3.8) is 0 Å². The molecule has 0 spiro atoms. The van der Waals surface area contributed by atoms with E-state index in [9.17, 15) is 38.4 Å². The van der Waals surface area contributed by atoms with Crippen LogP contribution in [0.1, 0.15) is 125 Å². The Labute approximate surface area is 411 Å². The van der Waals surface area contributed by atoms with Gasteiger partial charge in [0.05, 0.1) is 17.1 Å². The number of nitrogens with one attached hydrogen (secondary N) is 3. The van der Waals surface area contributed by atoms with Gasteiger partial charge in [0.2, 0.25) is 41.4 Å². The van der Waals surface area contributed by atoms with E-state index in [0.29, 0.717) is 56.0 Å². The van der Waals surface area contributed by atoms with Crippen molar-refractivity contribution in [2.24, 2.45) is 24.4 Å². The Bertz CT molecular complexity index is 2640. The highest BCUT2D eigenvalue weighted by Crippen LogP contribution is 2.45. The molecule has 5 atom stereocenters. The summed E-state index contributed by atoms with van der Waals surface area (Å²) >= 11 is 0. The third kappa shape index (κ3) is 12.4. The lowest BCUT2D eigenvalue weighted by atomic mass is 9.69. The number of hydrogen-bond acceptors (Lipinski definition) is 10. The Hall–Kier alpha value is -7.15. The van der Waals surface area contributed by atoms with Crippen LogP contribution >= 0.6 is 0 Å². The van der Waals surface area contributed by atoms with Gasteiger partial charge in [-0.05, 0) is 92.0 Å². The molecule has 1 aromatic heterocycles. The SMILES string of the molecule is CC(=O)O.Cn1c(=O)n(C2CCC(=O)NC2=O)c2ccc(C3CC(CCCCC(=O)N4CC[C@H]5CC[C@@H](C(=O)N[C@@H](CCC(N)=O)C(=O)NC(c6ccccc6)c6ccccc6)N5C(=O)[C@@H](N)C4)C3)cc21. The van der Waals surface area contributed by atoms with Gasteiger partial charge in [0.25, 0.3) is 5.97 Å². The summed E-state index contributed by atoms with van der Waals surface area (Å²) in [5, 5.41) is 15.7. The molecule has 4 fully saturated rings. The summed E-state index contributed by atoms with van der Waals surface area (Å²) in [6, 6.07) is 20.3. The van der Waals surface area contributed by atoms with Crippen LogP contribution in [-0.4, -0.2) is 109 Å². The van der Waals surface area contributed by atoms with Crippen LogP contribution in [0.25, 0.3) is 11.0 Å². The van der Waals surface area contributed by atoms with Gasteiger partial charge in [0.15, 0.2) is 0 Å². The predicted molar refractivity (Wildman–Crippen MR) is 262 cm³/mol. The van der Waals surface area contributed by atoms with Crippen LogP contribution < -0.4 is 33.1 Å². The molecule has 8 N–H and O–H groups in total. The van der Waals surface area contributed by atoms with Gasteiger partial charge >= 0.3 is 5.69 Å². The zero-order valence-corrected chi connectivity index (χ0v) is 40.3. The lowest BCUT2D eigenvalue weighted by molar-refractivity contribution is -0.145. The standard InChI is InChI=1S/C50H61N9O8.C2H4O2/c1-56-41-28-33(16-19-38(41)59(50(56)67)40-21-23-43(61)54-48(40)65)34-26-30(27-34)10-8-9-15-44(62)57-25-24-35-17-20-39(58(35)49(66)36(51)29-57)47(64)53-37(18-22-42(52)60)46(63)55-45(31-11-4-2-5-12-31)32-13-6-3-7-14-32;1-2(3)4/h2-7,11-14,16,19,28,30,34-37,39-40,45H,8-10,15,17-18,20-27,29,51H2,1H3,(H2,52,60)(H,53,64)(H,55,63)(H,54,61,65);1H3,(H,3,4)/t30?,34?,35-,36+,37+,39+,40?;/m1./s1. The molecule has 19 heteroatoms. The van der Waals surface area contributed by atoms with E-state index in [0.717, 1.165) is 54.8 Å². The first kappa shape index (κ1) is 51.7. The first-order valence-electron chi connectivity index (χ1n) is 24.6. The van der Waals surface area contributed by atoms with Crippen molar-refractivity contribution in [1.82, 2.24) is 34.9 Å². The summed E-state index contributed by atoms with van der Waals surface area (Å²) in [5.74, 6) is -2.82. The van der Waals surface area contributed by atoms with Crippen LogP contribution in [-0.2, 0) is 45.4 Å². The topological polar surface area (TPSA) is 278 Å². The number of aryl methyl sites for hydroxylation is 1. The number of benzene rings is 3. The summed E-state index contributed by atoms with van der Waals surface area (Å²) in [7, 11) is 1.70. The molecule has 4 aromatic rings. The molecule has 1 aliphatic carbocycles. The van der Waals surface area contributed by atoms with Crippen LogP contribution in [0.4, 0.5) is 0 Å². The van der Waals surface area contributed by atoms with Gasteiger partial charge in [-0.15, -0.1) is 0 Å². The Morgan fingerprint density at radius 1 is 0.831 bits per heavy atom. The van der Waals surface area contributed by atoms with E-state index in [-0.39, 0.29) is 55.8 Å². The van der Waals surface area contributed by atoms with Crippen LogP contribution in [0.2, 0.25) is 0 Å². The molecular formula is C52H65N9O10. The number of nitrogens with two attached hydrogens (primary N) is 2. The number of carbonyl (C=O) groups is 8. The van der Waals surface area contributed by atoms with Crippen molar-refractivity contribution >= 4 is 58.4 Å². The van der Waals surface area contributed by atoms with Gasteiger partial charge in [-0.3, -0.25) is 52.8 Å². The number of fused-ring (bicyclic) bond motifs is 2. The maximum absolute atomic E-state index is 14.0. The zero-order chi connectivity index (χ0) is 50.9. The summed E-state index contributed by atoms with van der Waals surface area (Å²) in [6.45, 7) is 1.52. The average Bonchev–Trinajstić information content (AvgIpc) is 3.86. The van der Waals surface area contributed by atoms with E-state index >= 15 is 0 Å². The molecule has 378 valence electrons. The van der Waals surface area contributed by atoms with Crippen molar-refractivity contribution in [1.29, 1.82) is 0 Å². The Morgan fingerprint density at radius 3 is 2.13 bits per heavy atom. The number of aromatic nitrogens is 2. The van der Waals surface area contributed by atoms with Crippen molar-refractivity contribution in [3.8, 4) is 0 Å². The molecule has 1 unspecified atom stereocenters. The third-order valence-electron chi connectivity index (χ3n) is 14.3. The van der Waals surface area contributed by atoms with Gasteiger partial charge in [-0.1, -0.05) is 79.6 Å². The van der Waals surface area contributed by atoms with Gasteiger partial charge < -0.3 is 37.0 Å². The lowest BCUT2D eigenvalue weighted by Crippen LogP contribution is -2.60. The molecule has 1 saturated carbocycles. The molecule has 0 radical (unpaired) electrons. The molecule has 3 saturated heterocycles. The number of carboxylic acids is 1. The highest BCUT2D eigenvalue weighted by molar-refractivity contribution is 6.00. The smallest absolute Gasteiger partial charge is 0.329 e. The fraction of sp³-hybridized carbons (Fsp3) is 0.481. The number of imidazole rings is 1. The average molecular weight is 976 g/mol. The minimum absolute atomic E-state index is 0.0294. The van der Waals surface area contributed by atoms with Gasteiger partial charge in [0, 0.05) is 52.4 Å². The normalized spacial score (nSPS) is 22.5. The van der Waals surface area contributed by atoms with Crippen LogP contribution in [0, 0.1) is 5.92 Å². The second kappa shape index (κ2) is 23.2. The first-order valence-corrected chi connectivity index (χ1v) is 24.6. The summed E-state index contributed by atoms with van der Waals surface area (Å²) < 4.78 is 3.06. The minimum atomic E-state index is -1.10. The number of rotatable bonds is 16. The molecule has 8 rings (SSSR count). The molecule has 71 heavy (non-hydrogen) atoms. The quantitative estimate of drug-likeness (QED) is 0.0701. The molecule has 3 aliphatic heterocycles. The van der Waals surface area contributed by atoms with Crippen molar-refractivity contribution in [3.05, 3.63) is 106 Å². The molecule has 4 heterocycles. The molecule has 19 nitrogen and oxygen atoms in total. The minimum Gasteiger partial charge on any atom is -0.481 e. The van der Waals surface area contributed by atoms with Crippen LogP contribution in [0.3, 0.4) is 0 Å². The van der Waals surface area contributed by atoms with E-state index in [1.165, 1.54) is 4.57 Å². The van der Waals surface area contributed by atoms with Crippen molar-refractivity contribution < 1.29 is 43.5 Å². The Balaban J connectivity index is 0.00000178. The second-order valence-electron chi connectivity index (χ2n) is 19.3. The number of carboxylic acid groups (broad SMARTS) is 1. The number of carbonyl (C=O) groups excluding carboxylic acids is 7. The third-order valence-corrected chi connectivity index (χ3v) is 14.3. The van der Waals surface area contributed by atoms with Crippen LogP contribution in [0.15, 0.2) is 83.7 Å². The number of hydrogen-bond donors (Lipinski definition) is 6. The summed E-state index contributed by atoms with van der Waals surface area (Å²) in [5.41, 5.74) is 15.9. The van der Waals surface area contributed by atoms with E-state index in [4.69, 9.17) is 21.4 Å². The number of nitrogens with zero attached hydrogens (tertiary/aromatic N) is 4. The number of amides is 7. The number of aliphatic carboxylic acids is 1. The van der Waals surface area contributed by atoms with Crippen molar-refractivity contribution in [2.45, 2.75) is 133 Å². The summed E-state index contributed by atoms with van der Waals surface area (Å²) in [6.07, 6.45) is 6.62. The van der Waals surface area contributed by atoms with Crippen molar-refractivity contribution in [2.75, 3.05) is 13.1 Å². The number of imide groups is 1. The van der Waals surface area contributed by atoms with Gasteiger partial charge in [-0.2, -0.15) is 0 Å². The Morgan fingerprint density at radius 2 is 1.49 bits per heavy atom. The predicted octanol–water partition coefficient (Wildman–Crippen LogP) is 3.04. The Kier molecular flexibility index (Phi) is 16.9. The largest absolute Gasteiger partial charge is 0.481 e. The molecule has 3 aromatic carbocycles. The number of unbranched alkanes of at least 4 members (excludes halogenated alkanes) is 1. The molecular weight excluding hydrogens is 911 g/mol. The molecule has 4 aliphatic rings. The van der Waals surface area contributed by atoms with Crippen LogP contribution in [0.5, 0.6) is 0 Å². The van der Waals surface area contributed by atoms with E-state index in [1.807, 2.05) is 78.9 Å².